The van der Waals surface area contributed by atoms with Gasteiger partial charge in [0.25, 0.3) is 0 Å². The van der Waals surface area contributed by atoms with Gasteiger partial charge >= 0.3 is 0 Å². The lowest BCUT2D eigenvalue weighted by Gasteiger charge is -2.27. The van der Waals surface area contributed by atoms with E-state index >= 15 is 0 Å². The predicted octanol–water partition coefficient (Wildman–Crippen LogP) is 17.4. The number of anilines is 3. The van der Waals surface area contributed by atoms with Crippen LogP contribution in [0.3, 0.4) is 0 Å². The van der Waals surface area contributed by atoms with Crippen molar-refractivity contribution in [1.29, 1.82) is 0 Å². The van der Waals surface area contributed by atoms with Crippen molar-refractivity contribution < 1.29 is 0 Å². The minimum atomic E-state index is 1.09. The Morgan fingerprint density at radius 2 is 0.734 bits per heavy atom. The van der Waals surface area contributed by atoms with Gasteiger partial charge in [0.1, 0.15) is 0 Å². The van der Waals surface area contributed by atoms with Crippen LogP contribution in [0.5, 0.6) is 0 Å². The van der Waals surface area contributed by atoms with Crippen LogP contribution in [0.2, 0.25) is 0 Å². The van der Waals surface area contributed by atoms with E-state index in [0.717, 1.165) is 22.7 Å². The maximum absolute atomic E-state index is 2.46. The standard InChI is InChI=1S/C62H40N2/c1-3-17-43(18-4-1)61-56-25-12-11-23-53(56)54-35-32-49(40-58(54)62(61)44-19-5-2-6-20-44)63(47-31-34-52-46(38-47)28-27-42-16-9-10-22-51(42)52)50-33-36-60-57(39-50)55-24-13-14-26-59(55)64(60)48-30-29-41-15-7-8-21-45(41)37-48/h1-40H. The Labute approximate surface area is 371 Å². The van der Waals surface area contributed by atoms with Crippen molar-refractivity contribution in [2.24, 2.45) is 0 Å². The van der Waals surface area contributed by atoms with E-state index in [1.54, 1.807) is 0 Å². The van der Waals surface area contributed by atoms with Gasteiger partial charge in [0.05, 0.1) is 11.0 Å². The average molecular weight is 813 g/mol. The molecule has 0 atom stereocenters. The highest BCUT2D eigenvalue weighted by Gasteiger charge is 2.22. The summed E-state index contributed by atoms with van der Waals surface area (Å²) in [5, 5.41) is 14.8. The monoisotopic (exact) mass is 812 g/mol. The van der Waals surface area contributed by atoms with Crippen LogP contribution in [-0.2, 0) is 0 Å². The molecule has 0 fully saturated rings. The van der Waals surface area contributed by atoms with Gasteiger partial charge in [0.2, 0.25) is 0 Å². The van der Waals surface area contributed by atoms with Crippen molar-refractivity contribution in [1.82, 2.24) is 4.57 Å². The van der Waals surface area contributed by atoms with E-state index in [9.17, 15) is 0 Å². The summed E-state index contributed by atoms with van der Waals surface area (Å²) >= 11 is 0. The second kappa shape index (κ2) is 14.6. The van der Waals surface area contributed by atoms with E-state index in [4.69, 9.17) is 0 Å². The molecule has 13 rings (SSSR count). The number of rotatable bonds is 6. The zero-order chi connectivity index (χ0) is 42.1. The molecule has 0 N–H and O–H groups in total. The summed E-state index contributed by atoms with van der Waals surface area (Å²) in [6, 6.07) is 89.3. The molecular weight excluding hydrogens is 773 g/mol. The summed E-state index contributed by atoms with van der Waals surface area (Å²) in [5.74, 6) is 0. The van der Waals surface area contributed by atoms with E-state index in [1.807, 2.05) is 0 Å². The van der Waals surface area contributed by atoms with Crippen LogP contribution in [0.15, 0.2) is 243 Å². The lowest BCUT2D eigenvalue weighted by atomic mass is 9.85. The van der Waals surface area contributed by atoms with Crippen molar-refractivity contribution in [3.8, 4) is 27.9 Å². The molecule has 1 heterocycles. The van der Waals surface area contributed by atoms with Crippen LogP contribution in [0.4, 0.5) is 17.1 Å². The summed E-state index contributed by atoms with van der Waals surface area (Å²) in [5.41, 5.74) is 11.7. The molecule has 0 unspecified atom stereocenters. The second-order valence-corrected chi connectivity index (χ2v) is 16.9. The zero-order valence-electron chi connectivity index (χ0n) is 35.0. The van der Waals surface area contributed by atoms with Gasteiger partial charge in [0.15, 0.2) is 0 Å². The van der Waals surface area contributed by atoms with Crippen LogP contribution in [0.25, 0.3) is 104 Å². The Bertz CT molecular complexity index is 3960. The lowest BCUT2D eigenvalue weighted by Crippen LogP contribution is -2.10. The first-order valence-electron chi connectivity index (χ1n) is 22.1. The predicted molar refractivity (Wildman–Crippen MR) is 274 cm³/mol. The fraction of sp³-hybridized carbons (Fsp3) is 0. The maximum atomic E-state index is 2.46. The molecule has 1 aromatic heterocycles. The summed E-state index contributed by atoms with van der Waals surface area (Å²) in [6.07, 6.45) is 0. The van der Waals surface area contributed by atoms with Gasteiger partial charge in [-0.1, -0.05) is 182 Å². The lowest BCUT2D eigenvalue weighted by molar-refractivity contribution is 1.18. The van der Waals surface area contributed by atoms with E-state index in [2.05, 4.69) is 252 Å². The SMILES string of the molecule is c1ccc(-c2c(-c3ccccc3)c3cc(N(c4ccc5c(ccc6ccccc65)c4)c4ccc5c(c4)c4ccccc4n5-c4ccc5ccccc5c4)ccc3c3ccccc23)cc1. The van der Waals surface area contributed by atoms with Crippen LogP contribution < -0.4 is 4.90 Å². The largest absolute Gasteiger partial charge is 0.310 e. The van der Waals surface area contributed by atoms with Crippen molar-refractivity contribution >= 4 is 92.7 Å². The topological polar surface area (TPSA) is 8.17 Å². The Morgan fingerprint density at radius 1 is 0.250 bits per heavy atom. The number of aromatic nitrogens is 1. The summed E-state index contributed by atoms with van der Waals surface area (Å²) < 4.78 is 2.42. The number of nitrogens with zero attached hydrogens (tertiary/aromatic N) is 2. The third-order valence-electron chi connectivity index (χ3n) is 13.3. The van der Waals surface area contributed by atoms with Crippen LogP contribution in [-0.4, -0.2) is 4.57 Å². The second-order valence-electron chi connectivity index (χ2n) is 16.9. The molecule has 0 bridgehead atoms. The first-order valence-corrected chi connectivity index (χ1v) is 22.1. The molecule has 0 amide bonds. The maximum Gasteiger partial charge on any atom is 0.0542 e. The van der Waals surface area contributed by atoms with E-state index in [-0.39, 0.29) is 0 Å². The molecule has 0 spiro atoms. The van der Waals surface area contributed by atoms with Crippen molar-refractivity contribution in [3.05, 3.63) is 243 Å². The molecule has 0 aliphatic heterocycles. The summed E-state index contributed by atoms with van der Waals surface area (Å²) in [6.45, 7) is 0. The van der Waals surface area contributed by atoms with Gasteiger partial charge in [-0.25, -0.2) is 0 Å². The van der Waals surface area contributed by atoms with Gasteiger partial charge in [-0.3, -0.25) is 0 Å². The first-order chi connectivity index (χ1) is 31.7. The fourth-order valence-corrected chi connectivity index (χ4v) is 10.4. The fourth-order valence-electron chi connectivity index (χ4n) is 10.4. The van der Waals surface area contributed by atoms with Gasteiger partial charge in [-0.05, 0) is 137 Å². The molecule has 298 valence electrons. The normalized spacial score (nSPS) is 11.8. The number of hydrogen-bond donors (Lipinski definition) is 0. The number of para-hydroxylation sites is 1. The molecular formula is C62H40N2. The van der Waals surface area contributed by atoms with Gasteiger partial charge in [0, 0.05) is 33.5 Å². The molecule has 0 aliphatic rings. The van der Waals surface area contributed by atoms with Crippen LogP contribution in [0, 0.1) is 0 Å². The molecule has 13 aromatic rings. The van der Waals surface area contributed by atoms with Gasteiger partial charge < -0.3 is 9.47 Å². The van der Waals surface area contributed by atoms with Crippen LogP contribution in [0.1, 0.15) is 0 Å². The summed E-state index contributed by atoms with van der Waals surface area (Å²) in [7, 11) is 0. The molecule has 0 radical (unpaired) electrons. The van der Waals surface area contributed by atoms with Crippen LogP contribution >= 0.6 is 0 Å². The third-order valence-corrected chi connectivity index (χ3v) is 13.3. The zero-order valence-corrected chi connectivity index (χ0v) is 35.0. The molecule has 12 aromatic carbocycles. The van der Waals surface area contributed by atoms with E-state index < -0.39 is 0 Å². The molecule has 2 nitrogen and oxygen atoms in total. The van der Waals surface area contributed by atoms with Gasteiger partial charge in [-0.15, -0.1) is 0 Å². The molecule has 0 aliphatic carbocycles. The minimum absolute atomic E-state index is 1.09. The highest BCUT2D eigenvalue weighted by atomic mass is 15.1. The Kier molecular flexibility index (Phi) is 8.25. The molecule has 0 saturated carbocycles. The molecule has 64 heavy (non-hydrogen) atoms. The van der Waals surface area contributed by atoms with Crippen molar-refractivity contribution in [3.63, 3.8) is 0 Å². The minimum Gasteiger partial charge on any atom is -0.310 e. The highest BCUT2D eigenvalue weighted by Crippen LogP contribution is 2.48. The molecule has 0 saturated heterocycles. The Morgan fingerprint density at radius 3 is 1.50 bits per heavy atom. The smallest absolute Gasteiger partial charge is 0.0542 e. The highest BCUT2D eigenvalue weighted by molar-refractivity contribution is 6.22. The Balaban J connectivity index is 1.09. The number of fused-ring (bicyclic) bond motifs is 10. The van der Waals surface area contributed by atoms with Crippen molar-refractivity contribution in [2.45, 2.75) is 0 Å². The average Bonchev–Trinajstić information content (AvgIpc) is 3.70. The number of hydrogen-bond acceptors (Lipinski definition) is 1. The summed E-state index contributed by atoms with van der Waals surface area (Å²) in [4.78, 5) is 2.46. The molecule has 2 heteroatoms. The third kappa shape index (κ3) is 5.73. The van der Waals surface area contributed by atoms with E-state index in [1.165, 1.54) is 97.9 Å². The first kappa shape index (κ1) is 36.2. The van der Waals surface area contributed by atoms with Crippen molar-refractivity contribution in [2.75, 3.05) is 4.90 Å². The Hall–Kier alpha value is -8.46. The number of benzene rings is 12. The van der Waals surface area contributed by atoms with E-state index in [0.29, 0.717) is 0 Å². The quantitative estimate of drug-likeness (QED) is 0.152. The van der Waals surface area contributed by atoms with Gasteiger partial charge in [-0.2, -0.15) is 0 Å².